The molecule has 90 valence electrons. The van der Waals surface area contributed by atoms with Crippen LogP contribution < -0.4 is 0 Å². The molecule has 2 rings (SSSR count). The second-order valence-corrected chi connectivity index (χ2v) is 4.25. The smallest absolute Gasteiger partial charge is 0.337 e. The molecule has 0 radical (unpaired) electrons. The normalized spacial score (nSPS) is 11.2. The molecule has 17 heavy (non-hydrogen) atoms. The Bertz CT molecular complexity index is 546. The minimum absolute atomic E-state index is 0.279. The van der Waals surface area contributed by atoms with E-state index in [2.05, 4.69) is 9.88 Å². The summed E-state index contributed by atoms with van der Waals surface area (Å²) in [5.74, 6) is -0.0315. The zero-order valence-corrected chi connectivity index (χ0v) is 9.92. The van der Waals surface area contributed by atoms with E-state index in [1.807, 2.05) is 18.5 Å². The van der Waals surface area contributed by atoms with E-state index in [4.69, 9.17) is 5.11 Å². The number of rotatable bonds is 4. The third kappa shape index (κ3) is 2.45. The fourth-order valence-corrected chi connectivity index (χ4v) is 1.68. The Hall–Kier alpha value is -1.88. The third-order valence-corrected chi connectivity index (χ3v) is 2.63. The highest BCUT2D eigenvalue weighted by Gasteiger charge is 2.08. The van der Waals surface area contributed by atoms with E-state index in [9.17, 15) is 4.79 Å². The molecule has 5 nitrogen and oxygen atoms in total. The minimum atomic E-state index is -0.917. The summed E-state index contributed by atoms with van der Waals surface area (Å²) in [5, 5.41) is 8.95. The van der Waals surface area contributed by atoms with Gasteiger partial charge in [-0.15, -0.1) is 0 Å². The second kappa shape index (κ2) is 4.55. The van der Waals surface area contributed by atoms with Gasteiger partial charge in [0.1, 0.15) is 5.82 Å². The van der Waals surface area contributed by atoms with Gasteiger partial charge in [-0.3, -0.25) is 0 Å². The Labute approximate surface area is 99.3 Å². The van der Waals surface area contributed by atoms with Gasteiger partial charge in [0, 0.05) is 19.2 Å². The number of aromatic carboxylic acids is 1. The number of carboxylic acid groups (broad SMARTS) is 1. The molecule has 0 aliphatic heterocycles. The molecule has 2 aromatic heterocycles. The first-order valence-electron chi connectivity index (χ1n) is 5.42. The van der Waals surface area contributed by atoms with Crippen molar-refractivity contribution >= 4 is 11.5 Å². The lowest BCUT2D eigenvalue weighted by Crippen LogP contribution is -2.16. The van der Waals surface area contributed by atoms with Gasteiger partial charge in [0.2, 0.25) is 0 Å². The van der Waals surface area contributed by atoms with Crippen molar-refractivity contribution in [1.82, 2.24) is 14.3 Å². The van der Waals surface area contributed by atoms with Crippen LogP contribution in [-0.4, -0.2) is 46.0 Å². The van der Waals surface area contributed by atoms with E-state index >= 15 is 0 Å². The molecule has 0 saturated heterocycles. The van der Waals surface area contributed by atoms with Crippen LogP contribution in [0.4, 0.5) is 0 Å². The first kappa shape index (κ1) is 11.6. The summed E-state index contributed by atoms with van der Waals surface area (Å²) in [6.45, 7) is 0.885. The molecule has 5 heteroatoms. The lowest BCUT2D eigenvalue weighted by Gasteiger charge is -2.08. The molecule has 0 spiro atoms. The Morgan fingerprint density at radius 1 is 1.47 bits per heavy atom. The number of imidazole rings is 1. The van der Waals surface area contributed by atoms with Crippen molar-refractivity contribution in [2.45, 2.75) is 6.42 Å². The van der Waals surface area contributed by atoms with Crippen molar-refractivity contribution in [1.29, 1.82) is 0 Å². The van der Waals surface area contributed by atoms with Crippen LogP contribution in [0.2, 0.25) is 0 Å². The molecule has 2 heterocycles. The standard InChI is InChI=1S/C12H15N3O2/c1-14(2)6-5-11-13-7-10-4-3-9(12(16)17)8-15(10)11/h3-4,7-8H,5-6H2,1-2H3,(H,16,17). The fraction of sp³-hybridized carbons (Fsp3) is 0.333. The van der Waals surface area contributed by atoms with E-state index in [0.717, 1.165) is 24.3 Å². The van der Waals surface area contributed by atoms with Crippen LogP contribution in [0.25, 0.3) is 5.52 Å². The van der Waals surface area contributed by atoms with Gasteiger partial charge in [0.05, 0.1) is 17.3 Å². The third-order valence-electron chi connectivity index (χ3n) is 2.63. The molecule has 0 unspecified atom stereocenters. The zero-order chi connectivity index (χ0) is 12.4. The average molecular weight is 233 g/mol. The van der Waals surface area contributed by atoms with Gasteiger partial charge < -0.3 is 14.4 Å². The maximum atomic E-state index is 10.9. The number of carbonyl (C=O) groups is 1. The van der Waals surface area contributed by atoms with Gasteiger partial charge in [0.25, 0.3) is 0 Å². The fourth-order valence-electron chi connectivity index (χ4n) is 1.68. The van der Waals surface area contributed by atoms with Crippen molar-refractivity contribution in [3.05, 3.63) is 35.9 Å². The van der Waals surface area contributed by atoms with Crippen LogP contribution >= 0.6 is 0 Å². The molecular formula is C12H15N3O2. The van der Waals surface area contributed by atoms with Gasteiger partial charge in [-0.25, -0.2) is 9.78 Å². The predicted octanol–water partition coefficient (Wildman–Crippen LogP) is 1.14. The predicted molar refractivity (Wildman–Crippen MR) is 64.4 cm³/mol. The molecule has 0 aliphatic rings. The van der Waals surface area contributed by atoms with Gasteiger partial charge >= 0.3 is 5.97 Å². The maximum Gasteiger partial charge on any atom is 0.337 e. The van der Waals surface area contributed by atoms with Gasteiger partial charge in [-0.1, -0.05) is 0 Å². The molecule has 2 aromatic rings. The van der Waals surface area contributed by atoms with E-state index in [0.29, 0.717) is 0 Å². The average Bonchev–Trinajstić information content (AvgIpc) is 2.68. The summed E-state index contributed by atoms with van der Waals surface area (Å²) in [7, 11) is 4.00. The summed E-state index contributed by atoms with van der Waals surface area (Å²) in [5.41, 5.74) is 1.20. The number of fused-ring (bicyclic) bond motifs is 1. The summed E-state index contributed by atoms with van der Waals surface area (Å²) in [4.78, 5) is 17.3. The summed E-state index contributed by atoms with van der Waals surface area (Å²) >= 11 is 0. The number of likely N-dealkylation sites (N-methyl/N-ethyl adjacent to an activating group) is 1. The van der Waals surface area contributed by atoms with Crippen molar-refractivity contribution < 1.29 is 9.90 Å². The van der Waals surface area contributed by atoms with Crippen molar-refractivity contribution in [2.75, 3.05) is 20.6 Å². The van der Waals surface area contributed by atoms with Gasteiger partial charge in [-0.2, -0.15) is 0 Å². The molecule has 0 saturated carbocycles. The summed E-state index contributed by atoms with van der Waals surface area (Å²) in [6, 6.07) is 3.37. The Morgan fingerprint density at radius 2 is 2.24 bits per heavy atom. The zero-order valence-electron chi connectivity index (χ0n) is 9.92. The Kier molecular flexibility index (Phi) is 3.10. The van der Waals surface area contributed by atoms with Crippen LogP contribution in [0.5, 0.6) is 0 Å². The summed E-state index contributed by atoms with van der Waals surface area (Å²) in [6.07, 6.45) is 4.18. The van der Waals surface area contributed by atoms with Crippen LogP contribution in [0, 0.1) is 0 Å². The molecule has 1 N–H and O–H groups in total. The lowest BCUT2D eigenvalue weighted by atomic mass is 10.2. The van der Waals surface area contributed by atoms with Crippen molar-refractivity contribution in [3.63, 3.8) is 0 Å². The number of pyridine rings is 1. The van der Waals surface area contributed by atoms with Crippen LogP contribution in [-0.2, 0) is 6.42 Å². The van der Waals surface area contributed by atoms with Crippen LogP contribution in [0.3, 0.4) is 0 Å². The molecule has 0 atom stereocenters. The molecule has 0 amide bonds. The number of carboxylic acids is 1. The van der Waals surface area contributed by atoms with Gasteiger partial charge in [-0.05, 0) is 26.2 Å². The Balaban J connectivity index is 2.36. The monoisotopic (exact) mass is 233 g/mol. The molecule has 0 aliphatic carbocycles. The first-order valence-corrected chi connectivity index (χ1v) is 5.42. The van der Waals surface area contributed by atoms with Crippen molar-refractivity contribution in [2.24, 2.45) is 0 Å². The highest BCUT2D eigenvalue weighted by atomic mass is 16.4. The van der Waals surface area contributed by atoms with Crippen LogP contribution in [0.15, 0.2) is 24.5 Å². The largest absolute Gasteiger partial charge is 0.478 e. The number of hydrogen-bond donors (Lipinski definition) is 1. The van der Waals surface area contributed by atoms with E-state index in [-0.39, 0.29) is 5.56 Å². The number of nitrogens with zero attached hydrogens (tertiary/aromatic N) is 3. The first-order chi connectivity index (χ1) is 8.08. The summed E-state index contributed by atoms with van der Waals surface area (Å²) < 4.78 is 1.84. The van der Waals surface area contributed by atoms with E-state index in [1.54, 1.807) is 24.5 Å². The second-order valence-electron chi connectivity index (χ2n) is 4.25. The molecule has 0 fully saturated rings. The molecule has 0 aromatic carbocycles. The van der Waals surface area contributed by atoms with E-state index < -0.39 is 5.97 Å². The van der Waals surface area contributed by atoms with Crippen molar-refractivity contribution in [3.8, 4) is 0 Å². The molecule has 0 bridgehead atoms. The minimum Gasteiger partial charge on any atom is -0.478 e. The number of hydrogen-bond acceptors (Lipinski definition) is 3. The lowest BCUT2D eigenvalue weighted by molar-refractivity contribution is 0.0696. The molecular weight excluding hydrogens is 218 g/mol. The van der Waals surface area contributed by atoms with Gasteiger partial charge in [0.15, 0.2) is 0 Å². The van der Waals surface area contributed by atoms with Crippen LogP contribution in [0.1, 0.15) is 16.2 Å². The quantitative estimate of drug-likeness (QED) is 0.860. The number of aromatic nitrogens is 2. The Morgan fingerprint density at radius 3 is 2.88 bits per heavy atom. The highest BCUT2D eigenvalue weighted by Crippen LogP contribution is 2.10. The maximum absolute atomic E-state index is 10.9. The topological polar surface area (TPSA) is 57.8 Å². The SMILES string of the molecule is CN(C)CCc1ncc2ccc(C(=O)O)cn12. The van der Waals surface area contributed by atoms with E-state index in [1.165, 1.54) is 0 Å². The highest BCUT2D eigenvalue weighted by molar-refractivity contribution is 5.87.